The molecular weight excluding hydrogens is 495 g/mol. The second-order valence-corrected chi connectivity index (χ2v) is 8.57. The van der Waals surface area contributed by atoms with Gasteiger partial charge in [-0.25, -0.2) is 9.98 Å². The molecule has 0 aliphatic carbocycles. The van der Waals surface area contributed by atoms with E-state index in [1.807, 2.05) is 0 Å². The van der Waals surface area contributed by atoms with E-state index in [2.05, 4.69) is 67.1 Å². The van der Waals surface area contributed by atoms with Gasteiger partial charge < -0.3 is 15.4 Å². The van der Waals surface area contributed by atoms with Crippen LogP contribution in [-0.4, -0.2) is 37.2 Å². The van der Waals surface area contributed by atoms with Gasteiger partial charge in [0.2, 0.25) is 0 Å². The van der Waals surface area contributed by atoms with Gasteiger partial charge in [0.1, 0.15) is 5.01 Å². The van der Waals surface area contributed by atoms with Crippen molar-refractivity contribution in [1.29, 1.82) is 0 Å². The lowest BCUT2D eigenvalue weighted by Crippen LogP contribution is -2.48. The summed E-state index contributed by atoms with van der Waals surface area (Å²) in [6.07, 6.45) is 2.04. The fourth-order valence-electron chi connectivity index (χ4n) is 3.53. The average Bonchev–Trinajstić information content (AvgIpc) is 3.21. The number of nitrogens with one attached hydrogen (secondary N) is 2. The van der Waals surface area contributed by atoms with E-state index in [-0.39, 0.29) is 29.4 Å². The Hall–Kier alpha value is -1.19. The van der Waals surface area contributed by atoms with Gasteiger partial charge in [-0.3, -0.25) is 0 Å². The minimum absolute atomic E-state index is 0. The van der Waals surface area contributed by atoms with Crippen molar-refractivity contribution in [2.24, 2.45) is 4.99 Å². The molecule has 1 saturated heterocycles. The molecule has 5 nitrogen and oxygen atoms in total. The molecule has 0 spiro atoms. The van der Waals surface area contributed by atoms with Gasteiger partial charge in [0.15, 0.2) is 5.96 Å². The Morgan fingerprint density at radius 2 is 1.93 bits per heavy atom. The predicted molar refractivity (Wildman–Crippen MR) is 133 cm³/mol. The Balaban J connectivity index is 0.00000300. The molecule has 160 valence electrons. The molecular formula is C22H33IN4OS. The number of halogens is 1. The molecule has 0 unspecified atom stereocenters. The first-order valence-electron chi connectivity index (χ1n) is 10.2. The summed E-state index contributed by atoms with van der Waals surface area (Å²) in [5.74, 6) is 1.31. The minimum atomic E-state index is 0. The largest absolute Gasteiger partial charge is 0.381 e. The van der Waals surface area contributed by atoms with E-state index < -0.39 is 0 Å². The van der Waals surface area contributed by atoms with Crippen molar-refractivity contribution in [2.75, 3.05) is 26.3 Å². The molecule has 0 saturated carbocycles. The molecule has 0 amide bonds. The summed E-state index contributed by atoms with van der Waals surface area (Å²) >= 11 is 1.69. The number of aromatic nitrogens is 1. The number of ether oxygens (including phenoxy) is 1. The van der Waals surface area contributed by atoms with Gasteiger partial charge in [0.25, 0.3) is 0 Å². The first kappa shape index (κ1) is 24.1. The van der Waals surface area contributed by atoms with E-state index in [9.17, 15) is 0 Å². The van der Waals surface area contributed by atoms with Gasteiger partial charge in [0.05, 0.1) is 12.2 Å². The average molecular weight is 529 g/mol. The Morgan fingerprint density at radius 3 is 2.55 bits per heavy atom. The van der Waals surface area contributed by atoms with Crippen LogP contribution in [0.15, 0.2) is 40.7 Å². The highest BCUT2D eigenvalue weighted by Crippen LogP contribution is 2.34. The number of guanidine groups is 1. The molecule has 3 rings (SSSR count). The highest BCUT2D eigenvalue weighted by Gasteiger charge is 2.34. The third-order valence-electron chi connectivity index (χ3n) is 5.31. The minimum Gasteiger partial charge on any atom is -0.381 e. The zero-order valence-corrected chi connectivity index (χ0v) is 20.8. The first-order chi connectivity index (χ1) is 13.6. The number of aliphatic imine (C=N–C) groups is 1. The van der Waals surface area contributed by atoms with Crippen molar-refractivity contribution in [3.63, 3.8) is 0 Å². The SMILES string of the molecule is CCNC(=NCc1nc(C(C)C)cs1)NCC1(c2ccccc2)CCOCC1.I. The van der Waals surface area contributed by atoms with Crippen LogP contribution in [0.3, 0.4) is 0 Å². The molecule has 7 heteroatoms. The van der Waals surface area contributed by atoms with E-state index in [1.54, 1.807) is 11.3 Å². The van der Waals surface area contributed by atoms with Crippen molar-refractivity contribution < 1.29 is 4.74 Å². The summed E-state index contributed by atoms with van der Waals surface area (Å²) in [7, 11) is 0. The molecule has 29 heavy (non-hydrogen) atoms. The molecule has 0 bridgehead atoms. The van der Waals surface area contributed by atoms with Crippen molar-refractivity contribution in [3.8, 4) is 0 Å². The van der Waals surface area contributed by atoms with E-state index in [4.69, 9.17) is 14.7 Å². The van der Waals surface area contributed by atoms with Gasteiger partial charge in [-0.05, 0) is 31.2 Å². The smallest absolute Gasteiger partial charge is 0.191 e. The molecule has 1 fully saturated rings. The molecule has 2 heterocycles. The predicted octanol–water partition coefficient (Wildman–Crippen LogP) is 4.69. The third kappa shape index (κ3) is 6.65. The van der Waals surface area contributed by atoms with Crippen LogP contribution in [0.25, 0.3) is 0 Å². The van der Waals surface area contributed by atoms with Crippen molar-refractivity contribution in [1.82, 2.24) is 15.6 Å². The van der Waals surface area contributed by atoms with Crippen LogP contribution < -0.4 is 10.6 Å². The van der Waals surface area contributed by atoms with Crippen LogP contribution in [0.4, 0.5) is 0 Å². The molecule has 0 radical (unpaired) electrons. The topological polar surface area (TPSA) is 58.5 Å². The number of benzene rings is 1. The standard InChI is InChI=1S/C22H32N4OS.HI/c1-4-23-21(24-14-20-26-19(15-28-20)17(2)3)25-16-22(10-12-27-13-11-22)18-8-6-5-7-9-18;/h5-9,15,17H,4,10-14,16H2,1-3H3,(H2,23,24,25);1H. The summed E-state index contributed by atoms with van der Waals surface area (Å²) < 4.78 is 5.65. The van der Waals surface area contributed by atoms with Crippen LogP contribution in [0.1, 0.15) is 55.8 Å². The van der Waals surface area contributed by atoms with Crippen molar-refractivity contribution >= 4 is 41.3 Å². The lowest BCUT2D eigenvalue weighted by atomic mass is 9.74. The first-order valence-corrected chi connectivity index (χ1v) is 11.1. The van der Waals surface area contributed by atoms with Gasteiger partial charge in [0, 0.05) is 37.1 Å². The highest BCUT2D eigenvalue weighted by atomic mass is 127. The zero-order chi connectivity index (χ0) is 19.8. The van der Waals surface area contributed by atoms with Gasteiger partial charge in [-0.2, -0.15) is 0 Å². The number of nitrogens with zero attached hydrogens (tertiary/aromatic N) is 2. The lowest BCUT2D eigenvalue weighted by molar-refractivity contribution is 0.0514. The fraction of sp³-hybridized carbons (Fsp3) is 0.545. The molecule has 1 aliphatic rings. The van der Waals surface area contributed by atoms with Gasteiger partial charge >= 0.3 is 0 Å². The quantitative estimate of drug-likeness (QED) is 0.311. The van der Waals surface area contributed by atoms with Crippen molar-refractivity contribution in [2.45, 2.75) is 51.5 Å². The summed E-state index contributed by atoms with van der Waals surface area (Å²) in [6, 6.07) is 10.8. The normalized spacial score (nSPS) is 16.3. The van der Waals surface area contributed by atoms with E-state index in [0.717, 1.165) is 55.8 Å². The molecule has 1 aromatic carbocycles. The van der Waals surface area contributed by atoms with E-state index in [1.165, 1.54) is 5.56 Å². The Morgan fingerprint density at radius 1 is 1.21 bits per heavy atom. The van der Waals surface area contributed by atoms with Crippen LogP contribution in [-0.2, 0) is 16.7 Å². The number of thiazole rings is 1. The summed E-state index contributed by atoms with van der Waals surface area (Å²) in [5.41, 5.74) is 2.61. The maximum atomic E-state index is 5.65. The molecule has 0 atom stereocenters. The highest BCUT2D eigenvalue weighted by molar-refractivity contribution is 14.0. The summed E-state index contributed by atoms with van der Waals surface area (Å²) in [5, 5.41) is 10.2. The number of hydrogen-bond acceptors (Lipinski definition) is 4. The Labute approximate surface area is 195 Å². The van der Waals surface area contributed by atoms with Gasteiger partial charge in [-0.15, -0.1) is 35.3 Å². The second-order valence-electron chi connectivity index (χ2n) is 7.63. The van der Waals surface area contributed by atoms with Crippen LogP contribution in [0.5, 0.6) is 0 Å². The zero-order valence-electron chi connectivity index (χ0n) is 17.6. The van der Waals surface area contributed by atoms with Crippen molar-refractivity contribution in [3.05, 3.63) is 52.0 Å². The summed E-state index contributed by atoms with van der Waals surface area (Å²) in [6.45, 7) is 10.3. The Kier molecular flexibility index (Phi) is 9.85. The number of rotatable bonds is 7. The van der Waals surface area contributed by atoms with Crippen LogP contribution in [0, 0.1) is 0 Å². The third-order valence-corrected chi connectivity index (χ3v) is 6.16. The maximum absolute atomic E-state index is 5.65. The fourth-order valence-corrected chi connectivity index (χ4v) is 4.40. The molecule has 2 N–H and O–H groups in total. The Bertz CT molecular complexity index is 757. The second kappa shape index (κ2) is 11.9. The van der Waals surface area contributed by atoms with E-state index in [0.29, 0.717) is 12.5 Å². The van der Waals surface area contributed by atoms with Crippen LogP contribution >= 0.6 is 35.3 Å². The monoisotopic (exact) mass is 528 g/mol. The lowest BCUT2D eigenvalue weighted by Gasteiger charge is -2.38. The molecule has 2 aromatic rings. The maximum Gasteiger partial charge on any atom is 0.191 e. The summed E-state index contributed by atoms with van der Waals surface area (Å²) in [4.78, 5) is 9.47. The molecule has 1 aliphatic heterocycles. The van der Waals surface area contributed by atoms with Crippen LogP contribution in [0.2, 0.25) is 0 Å². The number of hydrogen-bond donors (Lipinski definition) is 2. The van der Waals surface area contributed by atoms with E-state index >= 15 is 0 Å². The van der Waals surface area contributed by atoms with Gasteiger partial charge in [-0.1, -0.05) is 44.2 Å². The molecule has 1 aromatic heterocycles.